The maximum absolute atomic E-state index is 14.4. The molecular weight excluding hydrogens is 799 g/mol. The number of hydrogen-bond donors (Lipinski definition) is 4. The summed E-state index contributed by atoms with van der Waals surface area (Å²) in [4.78, 5) is 55.4. The zero-order valence-electron chi connectivity index (χ0n) is 34.2. The molecule has 57 heavy (non-hydrogen) atoms. The fourth-order valence-electron chi connectivity index (χ4n) is 6.35. The first-order chi connectivity index (χ1) is 26.1. The third-order valence-electron chi connectivity index (χ3n) is 11.8. The first kappa shape index (κ1) is 44.7. The minimum Gasteiger partial charge on any atom is -0.414 e. The Hall–Kier alpha value is -3.44. The molecule has 5 rings (SSSR count). The summed E-state index contributed by atoms with van der Waals surface area (Å²) in [7, 11) is -9.67. The number of nitrogens with one attached hydrogen (secondary N) is 1. The van der Waals surface area contributed by atoms with Crippen molar-refractivity contribution >= 4 is 26.8 Å². The predicted octanol–water partition coefficient (Wildman–Crippen LogP) is 1.07. The topological polar surface area (TPSA) is 246 Å². The number of H-pyrrole nitrogens is 1. The molecule has 316 valence electrons. The lowest BCUT2D eigenvalue weighted by molar-refractivity contribution is -0.0567. The minimum atomic E-state index is -4.34. The normalized spacial score (nSPS) is 27.8. The van der Waals surface area contributed by atoms with E-state index < -0.39 is 110 Å². The van der Waals surface area contributed by atoms with E-state index in [9.17, 15) is 37.8 Å². The van der Waals surface area contributed by atoms with E-state index in [4.69, 9.17) is 28.2 Å². The number of aliphatic hydroxyl groups excluding tert-OH is 2. The molecule has 0 aromatic carbocycles. The molecule has 5 heterocycles. The number of aromatic nitrogens is 4. The Morgan fingerprint density at radius 3 is 2.19 bits per heavy atom. The highest BCUT2D eigenvalue weighted by Gasteiger charge is 2.67. The van der Waals surface area contributed by atoms with Crippen LogP contribution in [-0.4, -0.2) is 97.2 Å². The zero-order chi connectivity index (χ0) is 42.8. The van der Waals surface area contributed by atoms with Gasteiger partial charge in [0, 0.05) is 24.4 Å². The maximum atomic E-state index is 14.4. The van der Waals surface area contributed by atoms with Gasteiger partial charge in [-0.2, -0.15) is 8.42 Å². The Morgan fingerprint density at radius 1 is 1.02 bits per heavy atom. The van der Waals surface area contributed by atoms with E-state index in [1.54, 1.807) is 0 Å². The van der Waals surface area contributed by atoms with Crippen LogP contribution in [0.5, 0.6) is 0 Å². The maximum Gasteiger partial charge on any atom is 0.334 e. The van der Waals surface area contributed by atoms with E-state index in [1.165, 1.54) is 13.1 Å². The van der Waals surface area contributed by atoms with E-state index in [0.29, 0.717) is 0 Å². The van der Waals surface area contributed by atoms with Gasteiger partial charge in [0.15, 0.2) is 28.5 Å². The molecule has 21 heteroatoms. The first-order valence-corrected chi connectivity index (χ1v) is 25.9. The Balaban J connectivity index is 1.61. The molecule has 3 aliphatic rings. The average Bonchev–Trinajstić information content (AvgIpc) is 3.68. The van der Waals surface area contributed by atoms with Gasteiger partial charge in [-0.3, -0.25) is 23.7 Å². The van der Waals surface area contributed by atoms with Crippen LogP contribution in [-0.2, 0) is 39.2 Å². The van der Waals surface area contributed by atoms with Gasteiger partial charge in [-0.1, -0.05) is 53.4 Å². The summed E-state index contributed by atoms with van der Waals surface area (Å²) in [6.07, 6.45) is -4.47. The van der Waals surface area contributed by atoms with Crippen molar-refractivity contribution in [1.29, 1.82) is 0 Å². The molecule has 2 aromatic heterocycles. The van der Waals surface area contributed by atoms with Crippen molar-refractivity contribution in [3.8, 4) is 11.8 Å². The highest BCUT2D eigenvalue weighted by molar-refractivity contribution is 7.90. The van der Waals surface area contributed by atoms with E-state index >= 15 is 0 Å². The van der Waals surface area contributed by atoms with Gasteiger partial charge in [0.05, 0.1) is 37.0 Å². The molecule has 18 nitrogen and oxygen atoms in total. The Labute approximate surface area is 332 Å². The van der Waals surface area contributed by atoms with Crippen molar-refractivity contribution in [2.75, 3.05) is 13.2 Å². The van der Waals surface area contributed by atoms with Gasteiger partial charge in [0.1, 0.15) is 30.1 Å². The molecule has 0 saturated carbocycles. The van der Waals surface area contributed by atoms with Crippen LogP contribution < -0.4 is 28.2 Å². The van der Waals surface area contributed by atoms with Gasteiger partial charge in [-0.25, -0.2) is 18.3 Å². The molecule has 1 spiro atoms. The lowest BCUT2D eigenvalue weighted by atomic mass is 9.89. The van der Waals surface area contributed by atoms with Crippen molar-refractivity contribution in [3.63, 3.8) is 0 Å². The number of rotatable bonds is 9. The average molecular weight is 854 g/mol. The molecule has 0 radical (unpaired) electrons. The molecule has 0 aliphatic carbocycles. The Kier molecular flexibility index (Phi) is 12.0. The van der Waals surface area contributed by atoms with Crippen molar-refractivity contribution < 1.29 is 41.1 Å². The van der Waals surface area contributed by atoms with Crippen LogP contribution in [0.2, 0.25) is 36.3 Å². The molecule has 2 aromatic rings. The van der Waals surface area contributed by atoms with Crippen LogP contribution in [0.3, 0.4) is 0 Å². The van der Waals surface area contributed by atoms with E-state index in [0.717, 1.165) is 25.3 Å². The highest BCUT2D eigenvalue weighted by atomic mass is 32.2. The lowest BCUT2D eigenvalue weighted by Crippen LogP contribution is -2.59. The number of hydrogen-bond acceptors (Lipinski definition) is 14. The molecule has 3 aliphatic heterocycles. The standard InChI is InChI=1S/C36H55N5O13SSi2/c1-21-16-41(33(47)39(30(21)45)14-12-13-22-17-40(32(46)38-29(22)44)27-15-23(43)24(18-42)51-27)31-28(53-57(10,11)35(5,6)7)36(25(37)20-55(48,49)54-36)26(52-31)19-50-56(8,9)34(2,3)4/h16-17,20,23-24,26-28,31,42-43H,14-15,18-19,37H2,1-11H3,(H,38,44,46)/t23-,24+,26?,27+,28-,31+,36?/m0/s1. The summed E-state index contributed by atoms with van der Waals surface area (Å²) in [5.74, 6) is 5.28. The second-order valence-corrected chi connectivity index (χ2v) is 28.8. The zero-order valence-corrected chi connectivity index (χ0v) is 37.1. The molecule has 2 unspecified atom stereocenters. The smallest absolute Gasteiger partial charge is 0.334 e. The summed E-state index contributed by atoms with van der Waals surface area (Å²) >= 11 is 0. The SMILES string of the molecule is Cc1cn([C@@H]2OC(CO[Si](C)(C)C(C)(C)C)C3(OS(=O)(=O)C=C3N)[C@H]2O[Si](C)(C)C(C)(C)C)c(=O)n(CC#Cc2cn([C@H]3C[C@H](O)[C@@H](CO)O3)c(=O)[nH]c2=O)c1=O. The molecular formula is C36H55N5O13SSi2. The molecule has 7 atom stereocenters. The van der Waals surface area contributed by atoms with E-state index in [2.05, 4.69) is 16.8 Å². The second kappa shape index (κ2) is 15.3. The number of nitrogens with two attached hydrogens (primary N) is 1. The van der Waals surface area contributed by atoms with Crippen molar-refractivity contribution in [1.82, 2.24) is 18.7 Å². The minimum absolute atomic E-state index is 0.0331. The first-order valence-electron chi connectivity index (χ1n) is 18.6. The van der Waals surface area contributed by atoms with Gasteiger partial charge in [0.2, 0.25) is 0 Å². The number of aromatic amines is 1. The summed E-state index contributed by atoms with van der Waals surface area (Å²) in [6, 6.07) is 0. The van der Waals surface area contributed by atoms with E-state index in [1.807, 2.05) is 67.7 Å². The largest absolute Gasteiger partial charge is 0.414 e. The molecule has 0 amide bonds. The Morgan fingerprint density at radius 2 is 1.65 bits per heavy atom. The molecule has 0 bridgehead atoms. The summed E-state index contributed by atoms with van der Waals surface area (Å²) in [5, 5.41) is 19.8. The highest BCUT2D eigenvalue weighted by Crippen LogP contribution is 2.52. The van der Waals surface area contributed by atoms with Crippen LogP contribution in [0, 0.1) is 18.8 Å². The molecule has 5 N–H and O–H groups in total. The number of aryl methyl sites for hydroxylation is 1. The lowest BCUT2D eigenvalue weighted by Gasteiger charge is -2.43. The summed E-state index contributed by atoms with van der Waals surface area (Å²) in [6.45, 7) is 20.4. The fraction of sp³-hybridized carbons (Fsp3) is 0.667. The number of nitrogens with zero attached hydrogens (tertiary/aromatic N) is 3. The van der Waals surface area contributed by atoms with Gasteiger partial charge < -0.3 is 34.3 Å². The monoisotopic (exact) mass is 853 g/mol. The predicted molar refractivity (Wildman–Crippen MR) is 214 cm³/mol. The Bertz CT molecular complexity index is 2340. The van der Waals surface area contributed by atoms with Crippen molar-refractivity contribution in [2.24, 2.45) is 5.73 Å². The van der Waals surface area contributed by atoms with Crippen LogP contribution in [0.4, 0.5) is 0 Å². The third kappa shape index (κ3) is 8.39. The molecule has 2 fully saturated rings. The van der Waals surface area contributed by atoms with Crippen LogP contribution in [0.15, 0.2) is 42.7 Å². The van der Waals surface area contributed by atoms with Gasteiger partial charge in [0.25, 0.3) is 21.2 Å². The van der Waals surface area contributed by atoms with E-state index in [-0.39, 0.29) is 34.9 Å². The summed E-state index contributed by atoms with van der Waals surface area (Å²) < 4.78 is 60.9. The van der Waals surface area contributed by atoms with Gasteiger partial charge in [-0.05, 0) is 43.2 Å². The molecule has 2 saturated heterocycles. The van der Waals surface area contributed by atoms with Crippen molar-refractivity contribution in [3.05, 3.63) is 76.3 Å². The van der Waals surface area contributed by atoms with Gasteiger partial charge >= 0.3 is 11.4 Å². The second-order valence-electron chi connectivity index (χ2n) is 17.8. The third-order valence-corrected chi connectivity index (χ3v) is 21.8. The van der Waals surface area contributed by atoms with Crippen LogP contribution in [0.25, 0.3) is 0 Å². The fourth-order valence-corrected chi connectivity index (χ4v) is 9.85. The van der Waals surface area contributed by atoms with Gasteiger partial charge in [-0.15, -0.1) is 0 Å². The summed E-state index contributed by atoms with van der Waals surface area (Å²) in [5.41, 5.74) is 1.11. The number of ether oxygens (including phenoxy) is 2. The number of aliphatic hydroxyl groups is 2. The van der Waals surface area contributed by atoms with Crippen LogP contribution >= 0.6 is 0 Å². The van der Waals surface area contributed by atoms with Crippen molar-refractivity contribution in [2.45, 2.75) is 140 Å². The van der Waals surface area contributed by atoms with Crippen LogP contribution in [0.1, 0.15) is 71.5 Å². The quantitative estimate of drug-likeness (QED) is 0.157.